The molecule has 2 rings (SSSR count). The van der Waals surface area contributed by atoms with E-state index in [1.165, 1.54) is 0 Å². The fraction of sp³-hybridized carbons (Fsp3) is 0.348. The van der Waals surface area contributed by atoms with Crippen LogP contribution in [0, 0.1) is 5.92 Å². The van der Waals surface area contributed by atoms with Gasteiger partial charge in [0.05, 0.1) is 12.5 Å². The number of fused-ring (bicyclic) bond motifs is 1. The predicted octanol–water partition coefficient (Wildman–Crippen LogP) is 1.36. The van der Waals surface area contributed by atoms with Crippen LogP contribution in [0.1, 0.15) is 26.7 Å². The number of aliphatic carboxylic acids is 1. The van der Waals surface area contributed by atoms with Crippen LogP contribution in [-0.2, 0) is 14.4 Å². The van der Waals surface area contributed by atoms with E-state index in [-0.39, 0.29) is 12.5 Å². The number of amides is 4. The molecular formula is C23H29N5O6. The van der Waals surface area contributed by atoms with Crippen molar-refractivity contribution >= 4 is 40.8 Å². The summed E-state index contributed by atoms with van der Waals surface area (Å²) in [5, 5.41) is 19.6. The largest absolute Gasteiger partial charge is 0.483 e. The number of nitrogens with zero attached hydrogens (tertiary/aromatic N) is 1. The lowest BCUT2D eigenvalue weighted by Gasteiger charge is -2.22. The number of hydrogen-bond acceptors (Lipinski definition) is 6. The Kier molecular flexibility index (Phi) is 9.81. The van der Waals surface area contributed by atoms with E-state index in [4.69, 9.17) is 15.6 Å². The van der Waals surface area contributed by atoms with Crippen molar-refractivity contribution in [2.24, 2.45) is 16.8 Å². The third-order valence-electron chi connectivity index (χ3n) is 4.62. The van der Waals surface area contributed by atoms with Gasteiger partial charge in [0.25, 0.3) is 5.91 Å². The van der Waals surface area contributed by atoms with E-state index in [0.717, 1.165) is 17.0 Å². The van der Waals surface area contributed by atoms with Crippen LogP contribution < -0.4 is 26.5 Å². The Bertz CT molecular complexity index is 1050. The number of ether oxygens (including phenoxy) is 1. The topological polar surface area (TPSA) is 172 Å². The Labute approximate surface area is 196 Å². The molecule has 0 aliphatic carbocycles. The number of carbonyl (C=O) groups excluding carboxylic acids is 3. The molecule has 0 aliphatic heterocycles. The molecule has 182 valence electrons. The van der Waals surface area contributed by atoms with Gasteiger partial charge in [0.1, 0.15) is 11.8 Å². The number of primary amides is 1. The molecule has 34 heavy (non-hydrogen) atoms. The van der Waals surface area contributed by atoms with Crippen LogP contribution in [-0.4, -0.2) is 53.8 Å². The Hall–Kier alpha value is -4.15. The van der Waals surface area contributed by atoms with E-state index < -0.39 is 42.3 Å². The van der Waals surface area contributed by atoms with Crippen molar-refractivity contribution in [3.63, 3.8) is 0 Å². The second-order valence-corrected chi connectivity index (χ2v) is 7.98. The van der Waals surface area contributed by atoms with Gasteiger partial charge in [-0.2, -0.15) is 5.10 Å². The normalized spacial score (nSPS) is 12.8. The fourth-order valence-electron chi connectivity index (χ4n) is 3.21. The molecule has 0 saturated carbocycles. The number of carboxylic acid groups (broad SMARTS) is 1. The molecule has 6 N–H and O–H groups in total. The van der Waals surface area contributed by atoms with Gasteiger partial charge in [0, 0.05) is 11.6 Å². The summed E-state index contributed by atoms with van der Waals surface area (Å²) in [6.07, 6.45) is 0.874. The van der Waals surface area contributed by atoms with Crippen LogP contribution in [0.25, 0.3) is 10.8 Å². The molecule has 0 heterocycles. The number of hydrogen-bond donors (Lipinski definition) is 5. The van der Waals surface area contributed by atoms with E-state index in [1.807, 2.05) is 55.7 Å². The van der Waals surface area contributed by atoms with Crippen molar-refractivity contribution in [1.29, 1.82) is 0 Å². The molecule has 0 fully saturated rings. The van der Waals surface area contributed by atoms with Gasteiger partial charge in [-0.15, -0.1) is 0 Å². The van der Waals surface area contributed by atoms with Gasteiger partial charge < -0.3 is 26.2 Å². The minimum Gasteiger partial charge on any atom is -0.483 e. The summed E-state index contributed by atoms with van der Waals surface area (Å²) in [7, 11) is 0. The van der Waals surface area contributed by atoms with Crippen molar-refractivity contribution in [2.45, 2.75) is 38.8 Å². The first-order valence-electron chi connectivity index (χ1n) is 10.7. The molecule has 2 aromatic rings. The second-order valence-electron chi connectivity index (χ2n) is 7.98. The van der Waals surface area contributed by atoms with Crippen molar-refractivity contribution < 1.29 is 29.0 Å². The summed E-state index contributed by atoms with van der Waals surface area (Å²) in [6.45, 7) is 3.45. The maximum absolute atomic E-state index is 12.8. The third kappa shape index (κ3) is 8.77. The van der Waals surface area contributed by atoms with Gasteiger partial charge >= 0.3 is 12.0 Å². The van der Waals surface area contributed by atoms with Gasteiger partial charge in [-0.3, -0.25) is 14.4 Å². The SMILES string of the molecule is CC(C)C[C@H](NC(=O)COc1cccc2ccccc12)C(=O)N[C@H](C=NNC(N)=O)CC(=O)O. The van der Waals surface area contributed by atoms with Crippen LogP contribution in [0.4, 0.5) is 4.79 Å². The zero-order valence-electron chi connectivity index (χ0n) is 19.0. The highest BCUT2D eigenvalue weighted by Crippen LogP contribution is 2.24. The molecule has 0 bridgehead atoms. The summed E-state index contributed by atoms with van der Waals surface area (Å²) < 4.78 is 5.68. The van der Waals surface area contributed by atoms with Crippen LogP contribution in [0.15, 0.2) is 47.6 Å². The van der Waals surface area contributed by atoms with E-state index in [2.05, 4.69) is 15.7 Å². The smallest absolute Gasteiger partial charge is 0.332 e. The number of nitrogens with two attached hydrogens (primary N) is 1. The minimum absolute atomic E-state index is 0.0538. The minimum atomic E-state index is -1.19. The molecular weight excluding hydrogens is 442 g/mol. The van der Waals surface area contributed by atoms with E-state index in [0.29, 0.717) is 12.2 Å². The van der Waals surface area contributed by atoms with Gasteiger partial charge in [-0.1, -0.05) is 50.2 Å². The zero-order chi connectivity index (χ0) is 25.1. The van der Waals surface area contributed by atoms with Gasteiger partial charge in [-0.25, -0.2) is 10.2 Å². The highest BCUT2D eigenvalue weighted by molar-refractivity contribution is 5.91. The highest BCUT2D eigenvalue weighted by Gasteiger charge is 2.25. The number of nitrogens with one attached hydrogen (secondary N) is 3. The molecule has 0 saturated heterocycles. The molecule has 0 aliphatic rings. The van der Waals surface area contributed by atoms with E-state index in [9.17, 15) is 19.2 Å². The Morgan fingerprint density at radius 1 is 1.09 bits per heavy atom. The number of urea groups is 1. The fourth-order valence-corrected chi connectivity index (χ4v) is 3.21. The number of carboxylic acids is 1. The average Bonchev–Trinajstić information content (AvgIpc) is 2.76. The Morgan fingerprint density at radius 3 is 2.47 bits per heavy atom. The molecule has 0 unspecified atom stereocenters. The van der Waals surface area contributed by atoms with E-state index in [1.54, 1.807) is 6.07 Å². The maximum Gasteiger partial charge on any atom is 0.332 e. The molecule has 0 spiro atoms. The second kappa shape index (κ2) is 12.8. The average molecular weight is 472 g/mol. The molecule has 11 nitrogen and oxygen atoms in total. The molecule has 0 aromatic heterocycles. The lowest BCUT2D eigenvalue weighted by Crippen LogP contribution is -2.52. The number of benzene rings is 2. The molecule has 2 aromatic carbocycles. The Morgan fingerprint density at radius 2 is 1.79 bits per heavy atom. The lowest BCUT2D eigenvalue weighted by molar-refractivity contribution is -0.137. The molecule has 0 radical (unpaired) electrons. The molecule has 2 atom stereocenters. The molecule has 4 amide bonds. The third-order valence-corrected chi connectivity index (χ3v) is 4.62. The summed E-state index contributed by atoms with van der Waals surface area (Å²) in [5.74, 6) is -1.70. The summed E-state index contributed by atoms with van der Waals surface area (Å²) in [4.78, 5) is 47.2. The van der Waals surface area contributed by atoms with Crippen LogP contribution in [0.3, 0.4) is 0 Å². The number of hydrazone groups is 1. The van der Waals surface area contributed by atoms with Crippen molar-refractivity contribution in [3.05, 3.63) is 42.5 Å². The van der Waals surface area contributed by atoms with Crippen LogP contribution in [0.2, 0.25) is 0 Å². The van der Waals surface area contributed by atoms with Gasteiger partial charge in [0.2, 0.25) is 5.91 Å². The number of rotatable bonds is 12. The Balaban J connectivity index is 2.04. The molecule has 11 heteroatoms. The zero-order valence-corrected chi connectivity index (χ0v) is 19.0. The quantitative estimate of drug-likeness (QED) is 0.231. The van der Waals surface area contributed by atoms with Crippen molar-refractivity contribution in [1.82, 2.24) is 16.1 Å². The summed E-state index contributed by atoms with van der Waals surface area (Å²) >= 11 is 0. The predicted molar refractivity (Wildman–Crippen MR) is 126 cm³/mol. The lowest BCUT2D eigenvalue weighted by atomic mass is 10.0. The monoisotopic (exact) mass is 471 g/mol. The first kappa shape index (κ1) is 26.1. The summed E-state index contributed by atoms with van der Waals surface area (Å²) in [6, 6.07) is 10.2. The summed E-state index contributed by atoms with van der Waals surface area (Å²) in [5.41, 5.74) is 6.85. The maximum atomic E-state index is 12.8. The van der Waals surface area contributed by atoms with Crippen molar-refractivity contribution in [2.75, 3.05) is 6.61 Å². The number of carbonyl (C=O) groups is 4. The van der Waals surface area contributed by atoms with Gasteiger partial charge in [0.15, 0.2) is 6.61 Å². The van der Waals surface area contributed by atoms with Gasteiger partial charge in [-0.05, 0) is 23.8 Å². The van der Waals surface area contributed by atoms with E-state index >= 15 is 0 Å². The van der Waals surface area contributed by atoms with Crippen LogP contribution >= 0.6 is 0 Å². The van der Waals surface area contributed by atoms with Crippen molar-refractivity contribution in [3.8, 4) is 5.75 Å². The van der Waals surface area contributed by atoms with Crippen LogP contribution in [0.5, 0.6) is 5.75 Å². The standard InChI is InChI=1S/C23H29N5O6/c1-14(2)10-18(22(32)26-16(11-21(30)31)12-25-28-23(24)33)27-20(29)13-34-19-9-5-7-15-6-3-4-8-17(15)19/h3-9,12,14,16,18H,10-11,13H2,1-2H3,(H,26,32)(H,27,29)(H,30,31)(H3,24,28,33)/t16-,18-/m0/s1. The highest BCUT2D eigenvalue weighted by atomic mass is 16.5. The first-order chi connectivity index (χ1) is 16.2. The first-order valence-corrected chi connectivity index (χ1v) is 10.7.